The summed E-state index contributed by atoms with van der Waals surface area (Å²) in [6, 6.07) is 4.48. The van der Waals surface area contributed by atoms with E-state index >= 15 is 0 Å². The molecule has 0 heterocycles. The highest BCUT2D eigenvalue weighted by molar-refractivity contribution is 5.97. The van der Waals surface area contributed by atoms with Crippen LogP contribution in [0.5, 0.6) is 5.75 Å². The van der Waals surface area contributed by atoms with Gasteiger partial charge in [0.25, 0.3) is 5.91 Å². The molecule has 1 aromatic carbocycles. The number of phenolic OH excluding ortho intramolecular Hbond substituents is 1. The van der Waals surface area contributed by atoms with Crippen molar-refractivity contribution in [3.63, 3.8) is 0 Å². The summed E-state index contributed by atoms with van der Waals surface area (Å²) in [4.78, 5) is 21.8. The Hall–Kier alpha value is -2.08. The molecule has 0 radical (unpaired) electrons. The molecule has 0 aromatic heterocycles. The summed E-state index contributed by atoms with van der Waals surface area (Å²) in [5, 5.41) is 29.1. The van der Waals surface area contributed by atoms with Crippen molar-refractivity contribution in [1.82, 2.24) is 5.32 Å². The van der Waals surface area contributed by atoms with E-state index in [1.807, 2.05) is 0 Å². The predicted molar refractivity (Wildman–Crippen MR) is 58.8 cm³/mol. The summed E-state index contributed by atoms with van der Waals surface area (Å²) in [6.45, 7) is 1.34. The van der Waals surface area contributed by atoms with Crippen LogP contribution in [0.1, 0.15) is 15.9 Å². The number of hydrogen-bond acceptors (Lipinski definition) is 4. The van der Waals surface area contributed by atoms with Crippen molar-refractivity contribution in [3.05, 3.63) is 29.3 Å². The van der Waals surface area contributed by atoms with Gasteiger partial charge in [-0.2, -0.15) is 0 Å². The van der Waals surface area contributed by atoms with Crippen molar-refractivity contribution < 1.29 is 24.9 Å². The van der Waals surface area contributed by atoms with E-state index in [0.29, 0.717) is 0 Å². The third-order valence-electron chi connectivity index (χ3n) is 2.14. The van der Waals surface area contributed by atoms with Gasteiger partial charge in [0, 0.05) is 0 Å². The van der Waals surface area contributed by atoms with E-state index in [1.165, 1.54) is 12.1 Å². The number of carboxylic acids is 1. The minimum absolute atomic E-state index is 0.0354. The van der Waals surface area contributed by atoms with E-state index in [9.17, 15) is 14.7 Å². The SMILES string of the molecule is Cc1ccc(C(=O)NCC(O)C(=O)O)c(O)c1. The summed E-state index contributed by atoms with van der Waals surface area (Å²) in [5.41, 5.74) is 0.831. The molecule has 4 N–H and O–H groups in total. The molecule has 0 spiro atoms. The molecule has 6 heteroatoms. The van der Waals surface area contributed by atoms with Gasteiger partial charge < -0.3 is 20.6 Å². The van der Waals surface area contributed by atoms with Gasteiger partial charge in [0.1, 0.15) is 5.75 Å². The van der Waals surface area contributed by atoms with Crippen molar-refractivity contribution in [3.8, 4) is 5.75 Å². The lowest BCUT2D eigenvalue weighted by molar-refractivity contribution is -0.146. The normalized spacial score (nSPS) is 11.9. The number of rotatable bonds is 4. The Labute approximate surface area is 97.5 Å². The van der Waals surface area contributed by atoms with Crippen LogP contribution in [0.25, 0.3) is 0 Å². The van der Waals surface area contributed by atoms with Crippen LogP contribution < -0.4 is 5.32 Å². The summed E-state index contributed by atoms with van der Waals surface area (Å²) in [6.07, 6.45) is -1.66. The molecule has 0 aliphatic carbocycles. The van der Waals surface area contributed by atoms with Crippen molar-refractivity contribution >= 4 is 11.9 Å². The number of amides is 1. The highest BCUT2D eigenvalue weighted by Gasteiger charge is 2.16. The zero-order chi connectivity index (χ0) is 13.0. The Balaban J connectivity index is 2.67. The predicted octanol–water partition coefficient (Wildman–Crippen LogP) is -0.124. The van der Waals surface area contributed by atoms with Crippen LogP contribution in [0.3, 0.4) is 0 Å². The Bertz CT molecular complexity index is 443. The monoisotopic (exact) mass is 239 g/mol. The molecule has 0 bridgehead atoms. The number of nitrogens with one attached hydrogen (secondary N) is 1. The second kappa shape index (κ2) is 5.31. The topological polar surface area (TPSA) is 107 Å². The standard InChI is InChI=1S/C11H13NO5/c1-6-2-3-7(8(13)4-6)10(15)12-5-9(14)11(16)17/h2-4,9,13-14H,5H2,1H3,(H,12,15)(H,16,17). The van der Waals surface area contributed by atoms with Gasteiger partial charge in [-0.1, -0.05) is 6.07 Å². The molecule has 0 fully saturated rings. The maximum absolute atomic E-state index is 11.5. The van der Waals surface area contributed by atoms with Crippen molar-refractivity contribution in [2.45, 2.75) is 13.0 Å². The molecule has 1 rings (SSSR count). The first kappa shape index (κ1) is 13.0. The van der Waals surface area contributed by atoms with Gasteiger partial charge in [-0.05, 0) is 24.6 Å². The number of aliphatic hydroxyl groups is 1. The number of phenols is 1. The second-order valence-electron chi connectivity index (χ2n) is 3.58. The molecule has 0 saturated carbocycles. The summed E-state index contributed by atoms with van der Waals surface area (Å²) in [5.74, 6) is -2.24. The molecule has 6 nitrogen and oxygen atoms in total. The average Bonchev–Trinajstić information content (AvgIpc) is 2.25. The van der Waals surface area contributed by atoms with Gasteiger partial charge >= 0.3 is 5.97 Å². The van der Waals surface area contributed by atoms with Gasteiger partial charge in [-0.3, -0.25) is 4.79 Å². The van der Waals surface area contributed by atoms with E-state index in [4.69, 9.17) is 10.2 Å². The zero-order valence-electron chi connectivity index (χ0n) is 9.17. The van der Waals surface area contributed by atoms with Crippen molar-refractivity contribution in [2.24, 2.45) is 0 Å². The van der Waals surface area contributed by atoms with Crippen LogP contribution in [-0.4, -0.2) is 39.8 Å². The van der Waals surface area contributed by atoms with Crippen LogP contribution in [0, 0.1) is 6.92 Å². The number of aryl methyl sites for hydroxylation is 1. The molecule has 0 aliphatic rings. The van der Waals surface area contributed by atoms with E-state index < -0.39 is 24.5 Å². The number of aliphatic carboxylic acids is 1. The van der Waals surface area contributed by atoms with Crippen molar-refractivity contribution in [1.29, 1.82) is 0 Å². The summed E-state index contributed by atoms with van der Waals surface area (Å²) in [7, 11) is 0. The quantitative estimate of drug-likeness (QED) is 0.585. The van der Waals surface area contributed by atoms with Gasteiger partial charge in [0.2, 0.25) is 0 Å². The Morgan fingerprint density at radius 2 is 2.06 bits per heavy atom. The number of aromatic hydroxyl groups is 1. The van der Waals surface area contributed by atoms with Crippen LogP contribution in [0.4, 0.5) is 0 Å². The van der Waals surface area contributed by atoms with Crippen LogP contribution in [-0.2, 0) is 4.79 Å². The smallest absolute Gasteiger partial charge is 0.334 e. The average molecular weight is 239 g/mol. The first-order valence-corrected chi connectivity index (χ1v) is 4.90. The second-order valence-corrected chi connectivity index (χ2v) is 3.58. The van der Waals surface area contributed by atoms with Crippen LogP contribution in [0.15, 0.2) is 18.2 Å². The minimum atomic E-state index is -1.66. The molecule has 0 saturated heterocycles. The summed E-state index contributed by atoms with van der Waals surface area (Å²) < 4.78 is 0. The number of carboxylic acid groups (broad SMARTS) is 1. The fourth-order valence-corrected chi connectivity index (χ4v) is 1.21. The van der Waals surface area contributed by atoms with Crippen molar-refractivity contribution in [2.75, 3.05) is 6.54 Å². The highest BCUT2D eigenvalue weighted by atomic mass is 16.4. The van der Waals surface area contributed by atoms with Crippen LogP contribution in [0.2, 0.25) is 0 Å². The maximum atomic E-state index is 11.5. The largest absolute Gasteiger partial charge is 0.507 e. The summed E-state index contributed by atoms with van der Waals surface area (Å²) >= 11 is 0. The first-order chi connectivity index (χ1) is 7.91. The Morgan fingerprint density at radius 3 is 2.59 bits per heavy atom. The molecule has 0 aliphatic heterocycles. The van der Waals surface area contributed by atoms with Gasteiger partial charge in [0.05, 0.1) is 12.1 Å². The van der Waals surface area contributed by atoms with Gasteiger partial charge in [-0.15, -0.1) is 0 Å². The zero-order valence-corrected chi connectivity index (χ0v) is 9.17. The lowest BCUT2D eigenvalue weighted by Crippen LogP contribution is -2.36. The van der Waals surface area contributed by atoms with E-state index in [2.05, 4.69) is 5.32 Å². The maximum Gasteiger partial charge on any atom is 0.334 e. The number of carbonyl (C=O) groups is 2. The van der Waals surface area contributed by atoms with Gasteiger partial charge in [0.15, 0.2) is 6.10 Å². The number of carbonyl (C=O) groups excluding carboxylic acids is 1. The third kappa shape index (κ3) is 3.46. The molecular weight excluding hydrogens is 226 g/mol. The third-order valence-corrected chi connectivity index (χ3v) is 2.14. The number of benzene rings is 1. The number of hydrogen-bond donors (Lipinski definition) is 4. The van der Waals surface area contributed by atoms with Crippen LogP contribution >= 0.6 is 0 Å². The van der Waals surface area contributed by atoms with E-state index in [-0.39, 0.29) is 11.3 Å². The molecule has 1 atom stereocenters. The lowest BCUT2D eigenvalue weighted by atomic mass is 10.1. The molecule has 1 amide bonds. The molecular formula is C11H13NO5. The fraction of sp³-hybridized carbons (Fsp3) is 0.273. The van der Waals surface area contributed by atoms with E-state index in [0.717, 1.165) is 5.56 Å². The minimum Gasteiger partial charge on any atom is -0.507 e. The fourth-order valence-electron chi connectivity index (χ4n) is 1.21. The highest BCUT2D eigenvalue weighted by Crippen LogP contribution is 2.17. The van der Waals surface area contributed by atoms with Gasteiger partial charge in [-0.25, -0.2) is 4.79 Å². The lowest BCUT2D eigenvalue weighted by Gasteiger charge is -2.09. The molecule has 1 unspecified atom stereocenters. The van der Waals surface area contributed by atoms with E-state index in [1.54, 1.807) is 13.0 Å². The molecule has 1 aromatic rings. The molecule has 17 heavy (non-hydrogen) atoms. The Kier molecular flexibility index (Phi) is 4.06. The first-order valence-electron chi connectivity index (χ1n) is 4.90. The molecule has 92 valence electrons. The number of aliphatic hydroxyl groups excluding tert-OH is 1. The Morgan fingerprint density at radius 1 is 1.41 bits per heavy atom.